The van der Waals surface area contributed by atoms with E-state index >= 15 is 0 Å². The Hall–Kier alpha value is -1.31. The third kappa shape index (κ3) is 2.86. The quantitative estimate of drug-likeness (QED) is 0.698. The van der Waals surface area contributed by atoms with Crippen LogP contribution in [0.4, 0.5) is 0 Å². The lowest BCUT2D eigenvalue weighted by Gasteiger charge is -2.36. The highest BCUT2D eigenvalue weighted by Crippen LogP contribution is 2.37. The van der Waals surface area contributed by atoms with Crippen LogP contribution in [0.3, 0.4) is 0 Å². The number of allylic oxidation sites excluding steroid dienone is 2. The minimum atomic E-state index is -1.16. The van der Waals surface area contributed by atoms with E-state index in [0.717, 1.165) is 29.9 Å². The normalized spacial score (nSPS) is 31.0. The SMILES string of the molecule is CN1C(=O)[C@](C)(C#CC2=CCCCC2)N(O)[C@H]1C(C)(C)C. The fraction of sp³-hybridized carbons (Fsp3) is 0.706. The average Bonchev–Trinajstić information content (AvgIpc) is 2.59. The zero-order valence-corrected chi connectivity index (χ0v) is 13.7. The summed E-state index contributed by atoms with van der Waals surface area (Å²) in [5.74, 6) is 6.00. The Bertz CT molecular complexity index is 521. The number of carbonyl (C=O) groups is 1. The molecule has 1 saturated heterocycles. The molecule has 0 radical (unpaired) electrons. The van der Waals surface area contributed by atoms with Crippen LogP contribution in [0, 0.1) is 17.3 Å². The van der Waals surface area contributed by atoms with Crippen molar-refractivity contribution in [2.45, 2.75) is 65.1 Å². The fourth-order valence-corrected chi connectivity index (χ4v) is 3.17. The van der Waals surface area contributed by atoms with Crippen molar-refractivity contribution in [3.63, 3.8) is 0 Å². The third-order valence-electron chi connectivity index (χ3n) is 4.33. The highest BCUT2D eigenvalue weighted by molar-refractivity contribution is 5.91. The monoisotopic (exact) mass is 290 g/mol. The summed E-state index contributed by atoms with van der Waals surface area (Å²) in [4.78, 5) is 14.2. The van der Waals surface area contributed by atoms with Gasteiger partial charge in [-0.1, -0.05) is 38.7 Å². The predicted octanol–water partition coefficient (Wildman–Crippen LogP) is 2.78. The van der Waals surface area contributed by atoms with Gasteiger partial charge in [0.1, 0.15) is 6.17 Å². The summed E-state index contributed by atoms with van der Waals surface area (Å²) >= 11 is 0. The first kappa shape index (κ1) is 16.1. The van der Waals surface area contributed by atoms with Gasteiger partial charge >= 0.3 is 0 Å². The van der Waals surface area contributed by atoms with Crippen molar-refractivity contribution >= 4 is 5.91 Å². The summed E-state index contributed by atoms with van der Waals surface area (Å²) < 4.78 is 0. The molecule has 21 heavy (non-hydrogen) atoms. The van der Waals surface area contributed by atoms with Crippen LogP contribution >= 0.6 is 0 Å². The molecular formula is C17H26N2O2. The molecule has 0 aromatic heterocycles. The summed E-state index contributed by atoms with van der Waals surface area (Å²) in [7, 11) is 1.73. The van der Waals surface area contributed by atoms with E-state index in [1.54, 1.807) is 18.9 Å². The van der Waals surface area contributed by atoms with E-state index in [9.17, 15) is 10.0 Å². The average molecular weight is 290 g/mol. The van der Waals surface area contributed by atoms with Gasteiger partial charge in [-0.05, 0) is 43.6 Å². The minimum absolute atomic E-state index is 0.145. The molecule has 2 atom stereocenters. The van der Waals surface area contributed by atoms with Gasteiger partial charge in [-0.3, -0.25) is 4.79 Å². The molecule has 0 spiro atoms. The topological polar surface area (TPSA) is 43.8 Å². The number of hydrogen-bond acceptors (Lipinski definition) is 3. The molecule has 0 unspecified atom stereocenters. The largest absolute Gasteiger partial charge is 0.325 e. The van der Waals surface area contributed by atoms with Gasteiger partial charge in [-0.15, -0.1) is 5.06 Å². The zero-order valence-electron chi connectivity index (χ0n) is 13.7. The van der Waals surface area contributed by atoms with Crippen LogP contribution < -0.4 is 0 Å². The summed E-state index contributed by atoms with van der Waals surface area (Å²) in [6, 6.07) is 0. The zero-order chi connectivity index (χ0) is 15.8. The highest BCUT2D eigenvalue weighted by Gasteiger charge is 2.56. The Balaban J connectivity index is 2.31. The maximum absolute atomic E-state index is 12.6. The van der Waals surface area contributed by atoms with Crippen LogP contribution in [0.25, 0.3) is 0 Å². The molecule has 0 aromatic rings. The van der Waals surface area contributed by atoms with Crippen molar-refractivity contribution in [1.82, 2.24) is 9.96 Å². The van der Waals surface area contributed by atoms with Gasteiger partial charge in [0.15, 0.2) is 5.54 Å². The predicted molar refractivity (Wildman–Crippen MR) is 82.4 cm³/mol. The Morgan fingerprint density at radius 2 is 2.05 bits per heavy atom. The minimum Gasteiger partial charge on any atom is -0.325 e. The Labute approximate surface area is 127 Å². The van der Waals surface area contributed by atoms with E-state index in [-0.39, 0.29) is 17.5 Å². The van der Waals surface area contributed by atoms with Crippen LogP contribution in [0.2, 0.25) is 0 Å². The molecule has 1 heterocycles. The van der Waals surface area contributed by atoms with Gasteiger partial charge in [0.05, 0.1) is 0 Å². The van der Waals surface area contributed by atoms with Gasteiger partial charge in [0.2, 0.25) is 0 Å². The van der Waals surface area contributed by atoms with E-state index in [1.807, 2.05) is 20.8 Å². The number of amides is 1. The molecule has 116 valence electrons. The van der Waals surface area contributed by atoms with E-state index in [2.05, 4.69) is 17.9 Å². The molecule has 1 fully saturated rings. The van der Waals surface area contributed by atoms with E-state index in [1.165, 1.54) is 6.42 Å². The summed E-state index contributed by atoms with van der Waals surface area (Å²) in [6.45, 7) is 7.72. The Morgan fingerprint density at radius 3 is 2.52 bits per heavy atom. The van der Waals surface area contributed by atoms with Gasteiger partial charge < -0.3 is 10.1 Å². The summed E-state index contributed by atoms with van der Waals surface area (Å²) in [5, 5.41) is 11.7. The van der Waals surface area contributed by atoms with Crippen molar-refractivity contribution in [2.75, 3.05) is 7.05 Å². The molecule has 0 saturated carbocycles. The maximum Gasteiger partial charge on any atom is 0.258 e. The summed E-state index contributed by atoms with van der Waals surface area (Å²) in [6.07, 6.45) is 6.17. The van der Waals surface area contributed by atoms with Crippen LogP contribution in [-0.2, 0) is 4.79 Å². The van der Waals surface area contributed by atoms with Gasteiger partial charge in [0, 0.05) is 7.05 Å². The molecule has 2 aliphatic rings. The molecule has 4 nitrogen and oxygen atoms in total. The van der Waals surface area contributed by atoms with E-state index < -0.39 is 5.54 Å². The number of carbonyl (C=O) groups excluding carboxylic acids is 1. The number of likely N-dealkylation sites (N-methyl/N-ethyl adjacent to an activating group) is 1. The lowest BCUT2D eigenvalue weighted by molar-refractivity contribution is -0.188. The van der Waals surface area contributed by atoms with Crippen molar-refractivity contribution in [3.8, 4) is 11.8 Å². The van der Waals surface area contributed by atoms with Crippen LogP contribution in [-0.4, -0.2) is 39.8 Å². The second-order valence-electron chi connectivity index (χ2n) is 7.30. The van der Waals surface area contributed by atoms with Crippen LogP contribution in [0.1, 0.15) is 53.4 Å². The van der Waals surface area contributed by atoms with E-state index in [0.29, 0.717) is 0 Å². The van der Waals surface area contributed by atoms with Crippen molar-refractivity contribution in [1.29, 1.82) is 0 Å². The molecule has 0 aromatic carbocycles. The second kappa shape index (κ2) is 5.47. The first-order valence-electron chi connectivity index (χ1n) is 7.65. The van der Waals surface area contributed by atoms with Crippen molar-refractivity contribution in [2.24, 2.45) is 5.41 Å². The van der Waals surface area contributed by atoms with Gasteiger partial charge in [-0.2, -0.15) is 0 Å². The van der Waals surface area contributed by atoms with Crippen molar-refractivity contribution < 1.29 is 10.0 Å². The van der Waals surface area contributed by atoms with Gasteiger partial charge in [0.25, 0.3) is 5.91 Å². The third-order valence-corrected chi connectivity index (χ3v) is 4.33. The highest BCUT2D eigenvalue weighted by atomic mass is 16.5. The molecular weight excluding hydrogens is 264 g/mol. The second-order valence-corrected chi connectivity index (χ2v) is 7.30. The maximum atomic E-state index is 12.6. The molecule has 2 rings (SSSR count). The van der Waals surface area contributed by atoms with Gasteiger partial charge in [-0.25, -0.2) is 0 Å². The lowest BCUT2D eigenvalue weighted by atomic mass is 9.91. The smallest absolute Gasteiger partial charge is 0.258 e. The molecule has 1 aliphatic carbocycles. The summed E-state index contributed by atoms with van der Waals surface area (Å²) in [5.41, 5.74) is -0.321. The fourth-order valence-electron chi connectivity index (χ4n) is 3.17. The lowest BCUT2D eigenvalue weighted by Crippen LogP contribution is -2.49. The van der Waals surface area contributed by atoms with E-state index in [4.69, 9.17) is 0 Å². The molecule has 1 aliphatic heterocycles. The molecule has 1 N–H and O–H groups in total. The molecule has 1 amide bonds. The first-order valence-corrected chi connectivity index (χ1v) is 7.65. The van der Waals surface area contributed by atoms with Crippen LogP contribution in [0.15, 0.2) is 11.6 Å². The number of hydroxylamine groups is 2. The number of hydrogen-bond donors (Lipinski definition) is 1. The van der Waals surface area contributed by atoms with Crippen LogP contribution in [0.5, 0.6) is 0 Å². The van der Waals surface area contributed by atoms with Crippen molar-refractivity contribution in [3.05, 3.63) is 11.6 Å². The Kier molecular flexibility index (Phi) is 4.19. The molecule has 4 heteroatoms. The Morgan fingerprint density at radius 1 is 1.38 bits per heavy atom. The number of nitrogens with zero attached hydrogens (tertiary/aromatic N) is 2. The standard InChI is InChI=1S/C17H26N2O2/c1-16(2,3)14-18(5)15(20)17(4,19(14)21)12-11-13-9-7-6-8-10-13/h9,14,21H,6-8,10H2,1-5H3/t14-,17-/m0/s1. The molecule has 0 bridgehead atoms. The first-order chi connectivity index (χ1) is 9.68. The number of rotatable bonds is 0.